The van der Waals surface area contributed by atoms with Crippen molar-refractivity contribution in [1.82, 2.24) is 5.32 Å². The van der Waals surface area contributed by atoms with Crippen molar-refractivity contribution in [1.29, 1.82) is 0 Å². The van der Waals surface area contributed by atoms with E-state index in [0.717, 1.165) is 7.11 Å². The van der Waals surface area contributed by atoms with Gasteiger partial charge in [0, 0.05) is 0 Å². The van der Waals surface area contributed by atoms with E-state index < -0.39 is 36.2 Å². The highest BCUT2D eigenvalue weighted by Gasteiger charge is 2.45. The molecule has 4 N–H and O–H groups in total. The lowest BCUT2D eigenvalue weighted by molar-refractivity contribution is -0.167. The molecular weight excluding hydrogens is 194 g/mol. The summed E-state index contributed by atoms with van der Waals surface area (Å²) in [6, 6.07) is -1.34. The van der Waals surface area contributed by atoms with Crippen LogP contribution >= 0.6 is 0 Å². The highest BCUT2D eigenvalue weighted by atomic mass is 16.5. The van der Waals surface area contributed by atoms with E-state index in [0.29, 0.717) is 0 Å². The van der Waals surface area contributed by atoms with Crippen molar-refractivity contribution in [2.75, 3.05) is 7.11 Å². The predicted octanol–water partition coefficient (Wildman–Crippen LogP) is -3.26. The third-order valence-corrected chi connectivity index (χ3v) is 2.04. The average molecular weight is 205 g/mol. The molecule has 0 bridgehead atoms. The summed E-state index contributed by atoms with van der Waals surface area (Å²) >= 11 is 0. The number of esters is 1. The highest BCUT2D eigenvalue weighted by Crippen LogP contribution is 2.12. The Bertz CT molecular complexity index is 253. The number of aliphatic hydroxyl groups excluding tert-OH is 3. The van der Waals surface area contributed by atoms with Crippen LogP contribution in [0.4, 0.5) is 0 Å². The minimum Gasteiger partial charge on any atom is -0.467 e. The summed E-state index contributed by atoms with van der Waals surface area (Å²) in [5.74, 6) is -1.80. The minimum atomic E-state index is -1.73. The fourth-order valence-electron chi connectivity index (χ4n) is 1.19. The first-order chi connectivity index (χ1) is 6.49. The van der Waals surface area contributed by atoms with E-state index in [1.165, 1.54) is 0 Å². The van der Waals surface area contributed by atoms with E-state index in [-0.39, 0.29) is 0 Å². The molecular formula is C7H11NO6. The summed E-state index contributed by atoms with van der Waals surface area (Å²) in [6.07, 6.45) is -4.99. The van der Waals surface area contributed by atoms with Gasteiger partial charge in [0.2, 0.25) is 0 Å². The van der Waals surface area contributed by atoms with Crippen LogP contribution in [-0.4, -0.2) is 58.7 Å². The zero-order valence-electron chi connectivity index (χ0n) is 7.38. The Morgan fingerprint density at radius 1 is 1.36 bits per heavy atom. The summed E-state index contributed by atoms with van der Waals surface area (Å²) in [5.41, 5.74) is 0. The number of hydrogen-bond acceptors (Lipinski definition) is 6. The number of ether oxygens (including phenoxy) is 1. The third-order valence-electron chi connectivity index (χ3n) is 2.04. The lowest BCUT2D eigenvalue weighted by Crippen LogP contribution is -2.65. The molecule has 1 aliphatic heterocycles. The van der Waals surface area contributed by atoms with Gasteiger partial charge in [0.15, 0.2) is 12.1 Å². The molecule has 0 aromatic carbocycles. The average Bonchev–Trinajstić information content (AvgIpc) is 2.19. The van der Waals surface area contributed by atoms with Gasteiger partial charge >= 0.3 is 5.97 Å². The Morgan fingerprint density at radius 3 is 2.43 bits per heavy atom. The first-order valence-electron chi connectivity index (χ1n) is 3.91. The van der Waals surface area contributed by atoms with Crippen LogP contribution in [0.15, 0.2) is 0 Å². The van der Waals surface area contributed by atoms with Crippen LogP contribution in [-0.2, 0) is 14.3 Å². The Morgan fingerprint density at radius 2 is 1.93 bits per heavy atom. The summed E-state index contributed by atoms with van der Waals surface area (Å²) < 4.78 is 4.29. The smallest absolute Gasteiger partial charge is 0.331 e. The molecule has 0 unspecified atom stereocenters. The lowest BCUT2D eigenvalue weighted by atomic mass is 9.95. The maximum absolute atomic E-state index is 11.0. The van der Waals surface area contributed by atoms with E-state index in [2.05, 4.69) is 4.74 Å². The monoisotopic (exact) mass is 205 g/mol. The standard InChI is InChI=1S/C7H11NO6/c1-14-7(13)2-3(9)4(10)5(11)6(12)8-2/h2-5,9-11H,1H3,(H,8,12)/t2-,3+,4-,5+/m0/s1. The number of piperidine rings is 1. The van der Waals surface area contributed by atoms with Crippen LogP contribution in [0.25, 0.3) is 0 Å². The van der Waals surface area contributed by atoms with Gasteiger partial charge in [-0.25, -0.2) is 4.79 Å². The molecule has 14 heavy (non-hydrogen) atoms. The first-order valence-corrected chi connectivity index (χ1v) is 3.91. The maximum Gasteiger partial charge on any atom is 0.331 e. The topological polar surface area (TPSA) is 116 Å². The van der Waals surface area contributed by atoms with Crippen LogP contribution in [0.2, 0.25) is 0 Å². The minimum absolute atomic E-state index is 0.878. The predicted molar refractivity (Wildman–Crippen MR) is 42.0 cm³/mol. The largest absolute Gasteiger partial charge is 0.467 e. The normalized spacial score (nSPS) is 37.6. The molecule has 0 radical (unpaired) electrons. The van der Waals surface area contributed by atoms with E-state index >= 15 is 0 Å². The zero-order chi connectivity index (χ0) is 10.9. The number of rotatable bonds is 1. The summed E-state index contributed by atoms with van der Waals surface area (Å²) in [4.78, 5) is 21.9. The molecule has 1 aliphatic rings. The van der Waals surface area contributed by atoms with Gasteiger partial charge in [-0.3, -0.25) is 4.79 Å². The Hall–Kier alpha value is -1.18. The molecule has 7 nitrogen and oxygen atoms in total. The van der Waals surface area contributed by atoms with Crippen molar-refractivity contribution in [3.63, 3.8) is 0 Å². The second-order valence-corrected chi connectivity index (χ2v) is 2.94. The van der Waals surface area contributed by atoms with Gasteiger partial charge in [0.25, 0.3) is 5.91 Å². The second-order valence-electron chi connectivity index (χ2n) is 2.94. The number of amides is 1. The molecule has 0 saturated carbocycles. The fourth-order valence-corrected chi connectivity index (χ4v) is 1.19. The summed E-state index contributed by atoms with van der Waals surface area (Å²) in [7, 11) is 1.08. The molecule has 1 fully saturated rings. The molecule has 0 spiro atoms. The number of nitrogens with one attached hydrogen (secondary N) is 1. The molecule has 0 aromatic rings. The maximum atomic E-state index is 11.0. The quantitative estimate of drug-likeness (QED) is 0.334. The van der Waals surface area contributed by atoms with Crippen LogP contribution in [0, 0.1) is 0 Å². The van der Waals surface area contributed by atoms with E-state index in [9.17, 15) is 14.7 Å². The van der Waals surface area contributed by atoms with Gasteiger partial charge in [-0.2, -0.15) is 0 Å². The number of carbonyl (C=O) groups excluding carboxylic acids is 2. The van der Waals surface area contributed by atoms with Crippen LogP contribution in [0.5, 0.6) is 0 Å². The molecule has 4 atom stereocenters. The van der Waals surface area contributed by atoms with Crippen molar-refractivity contribution < 1.29 is 29.6 Å². The molecule has 1 heterocycles. The van der Waals surface area contributed by atoms with Crippen molar-refractivity contribution in [3.05, 3.63) is 0 Å². The third kappa shape index (κ3) is 1.69. The van der Waals surface area contributed by atoms with E-state index in [1.54, 1.807) is 0 Å². The molecule has 1 saturated heterocycles. The van der Waals surface area contributed by atoms with Crippen LogP contribution < -0.4 is 5.32 Å². The van der Waals surface area contributed by atoms with E-state index in [4.69, 9.17) is 10.2 Å². The van der Waals surface area contributed by atoms with Crippen LogP contribution in [0.1, 0.15) is 0 Å². The molecule has 1 amide bonds. The first kappa shape index (κ1) is 10.9. The summed E-state index contributed by atoms with van der Waals surface area (Å²) in [6.45, 7) is 0. The van der Waals surface area contributed by atoms with E-state index in [1.807, 2.05) is 5.32 Å². The zero-order valence-corrected chi connectivity index (χ0v) is 7.38. The number of hydrogen-bond donors (Lipinski definition) is 4. The Labute approximate surface area is 79.3 Å². The van der Waals surface area contributed by atoms with Gasteiger partial charge in [-0.15, -0.1) is 0 Å². The van der Waals surface area contributed by atoms with Crippen molar-refractivity contribution in [2.45, 2.75) is 24.4 Å². The lowest BCUT2D eigenvalue weighted by Gasteiger charge is -2.33. The van der Waals surface area contributed by atoms with Crippen molar-refractivity contribution in [3.8, 4) is 0 Å². The van der Waals surface area contributed by atoms with Crippen LogP contribution in [0.3, 0.4) is 0 Å². The van der Waals surface area contributed by atoms with Gasteiger partial charge < -0.3 is 25.4 Å². The SMILES string of the molecule is COC(=O)[C@H]1NC(=O)[C@H](O)[C@@H](O)[C@@H]1O. The highest BCUT2D eigenvalue weighted by molar-refractivity contribution is 5.89. The molecule has 0 aromatic heterocycles. The molecule has 0 aliphatic carbocycles. The molecule has 80 valence electrons. The Balaban J connectivity index is 2.80. The van der Waals surface area contributed by atoms with Crippen molar-refractivity contribution >= 4 is 11.9 Å². The fraction of sp³-hybridized carbons (Fsp3) is 0.714. The van der Waals surface area contributed by atoms with Gasteiger partial charge in [-0.1, -0.05) is 0 Å². The number of methoxy groups -OCH3 is 1. The number of aliphatic hydroxyl groups is 3. The van der Waals surface area contributed by atoms with Crippen molar-refractivity contribution in [2.24, 2.45) is 0 Å². The Kier molecular flexibility index (Phi) is 3.04. The summed E-state index contributed by atoms with van der Waals surface area (Å²) in [5, 5.41) is 29.5. The molecule has 7 heteroatoms. The second kappa shape index (κ2) is 3.91. The van der Waals surface area contributed by atoms with Gasteiger partial charge in [-0.05, 0) is 0 Å². The number of carbonyl (C=O) groups is 2. The van der Waals surface area contributed by atoms with Gasteiger partial charge in [0.1, 0.15) is 12.2 Å². The molecule has 1 rings (SSSR count). The van der Waals surface area contributed by atoms with Gasteiger partial charge in [0.05, 0.1) is 7.11 Å².